The van der Waals surface area contributed by atoms with Gasteiger partial charge in [-0.2, -0.15) is 0 Å². The highest BCUT2D eigenvalue weighted by molar-refractivity contribution is 4.89. The van der Waals surface area contributed by atoms with Gasteiger partial charge in [0.2, 0.25) is 0 Å². The average molecular weight is 174 g/mol. The van der Waals surface area contributed by atoms with Crippen molar-refractivity contribution in [2.75, 3.05) is 6.61 Å². The quantitative estimate of drug-likeness (QED) is 0.525. The Kier molecular flexibility index (Phi) is 5.98. The minimum absolute atomic E-state index is 0.187. The maximum Gasteiger partial charge on any atom is 0.0951 e. The van der Waals surface area contributed by atoms with Crippen LogP contribution in [0.3, 0.4) is 0 Å². The van der Waals surface area contributed by atoms with Gasteiger partial charge in [-0.25, -0.2) is 0 Å². The van der Waals surface area contributed by atoms with E-state index in [4.69, 9.17) is 15.3 Å². The van der Waals surface area contributed by atoms with Crippen molar-refractivity contribution in [3.63, 3.8) is 0 Å². The summed E-state index contributed by atoms with van der Waals surface area (Å²) in [6.45, 7) is 3.42. The van der Waals surface area contributed by atoms with Crippen LogP contribution in [0.1, 0.15) is 20.3 Å². The Bertz CT molecular complexity index is 132. The molecule has 0 aromatic heterocycles. The predicted molar refractivity (Wildman–Crippen MR) is 47.7 cm³/mol. The molecule has 3 N–H and O–H groups in total. The van der Waals surface area contributed by atoms with E-state index in [-0.39, 0.29) is 18.6 Å². The Balaban J connectivity index is 3.59. The Morgan fingerprint density at radius 1 is 1.25 bits per heavy atom. The van der Waals surface area contributed by atoms with Crippen LogP contribution in [0.15, 0.2) is 12.2 Å². The molecule has 0 aliphatic carbocycles. The number of hydrogen-bond acceptors (Lipinski definition) is 3. The van der Waals surface area contributed by atoms with E-state index in [2.05, 4.69) is 0 Å². The van der Waals surface area contributed by atoms with E-state index in [9.17, 15) is 0 Å². The van der Waals surface area contributed by atoms with E-state index >= 15 is 0 Å². The lowest BCUT2D eigenvalue weighted by atomic mass is 10.0. The van der Waals surface area contributed by atoms with Gasteiger partial charge in [0, 0.05) is 0 Å². The maximum atomic E-state index is 9.10. The van der Waals surface area contributed by atoms with Crippen molar-refractivity contribution in [1.29, 1.82) is 0 Å². The molecule has 0 fully saturated rings. The van der Waals surface area contributed by atoms with Crippen molar-refractivity contribution >= 4 is 0 Å². The fourth-order valence-electron chi connectivity index (χ4n) is 0.708. The van der Waals surface area contributed by atoms with Crippen LogP contribution in [-0.4, -0.2) is 34.1 Å². The second-order valence-electron chi connectivity index (χ2n) is 3.13. The lowest BCUT2D eigenvalue weighted by Crippen LogP contribution is -2.12. The number of aliphatic hydroxyl groups excluding tert-OH is 3. The third-order valence-electron chi connectivity index (χ3n) is 1.88. The van der Waals surface area contributed by atoms with Crippen LogP contribution in [0, 0.1) is 5.92 Å². The Morgan fingerprint density at radius 2 is 1.83 bits per heavy atom. The summed E-state index contributed by atoms with van der Waals surface area (Å²) >= 11 is 0. The van der Waals surface area contributed by atoms with Crippen molar-refractivity contribution in [3.05, 3.63) is 12.2 Å². The van der Waals surface area contributed by atoms with Gasteiger partial charge in [-0.3, -0.25) is 0 Å². The molecule has 0 aromatic rings. The predicted octanol–water partition coefficient (Wildman–Crippen LogP) is 0.303. The summed E-state index contributed by atoms with van der Waals surface area (Å²) < 4.78 is 0. The normalized spacial score (nSPS) is 19.4. The zero-order valence-corrected chi connectivity index (χ0v) is 7.64. The summed E-state index contributed by atoms with van der Waals surface area (Å²) in [7, 11) is 0. The smallest absolute Gasteiger partial charge is 0.0951 e. The van der Waals surface area contributed by atoms with Gasteiger partial charge >= 0.3 is 0 Å². The first kappa shape index (κ1) is 11.6. The van der Waals surface area contributed by atoms with Crippen LogP contribution in [-0.2, 0) is 0 Å². The molecule has 0 saturated heterocycles. The largest absolute Gasteiger partial charge is 0.393 e. The molecule has 0 amide bonds. The molecule has 0 aliphatic heterocycles. The maximum absolute atomic E-state index is 9.10. The minimum atomic E-state index is -0.772. The number of hydrogen-bond donors (Lipinski definition) is 3. The lowest BCUT2D eigenvalue weighted by molar-refractivity contribution is 0.128. The molecule has 0 heterocycles. The molecule has 12 heavy (non-hydrogen) atoms. The first-order chi connectivity index (χ1) is 5.57. The standard InChI is InChI=1S/C9H18O3/c1-7(8(2)11)4-3-5-9(12)6-10/h3,5,7-12H,4,6H2,1-2H3/b5-3+/t7?,8?,9-/m1/s1. The van der Waals surface area contributed by atoms with Crippen molar-refractivity contribution in [1.82, 2.24) is 0 Å². The fraction of sp³-hybridized carbons (Fsp3) is 0.778. The second-order valence-corrected chi connectivity index (χ2v) is 3.13. The number of allylic oxidation sites excluding steroid dienone is 1. The van der Waals surface area contributed by atoms with E-state index in [1.165, 1.54) is 0 Å². The Morgan fingerprint density at radius 3 is 2.25 bits per heavy atom. The summed E-state index contributed by atoms with van der Waals surface area (Å²) in [5.41, 5.74) is 0. The summed E-state index contributed by atoms with van der Waals surface area (Å²) in [6.07, 6.45) is 2.93. The molecule has 3 atom stereocenters. The zero-order chi connectivity index (χ0) is 9.56. The van der Waals surface area contributed by atoms with Gasteiger partial charge in [-0.15, -0.1) is 0 Å². The third kappa shape index (κ3) is 5.29. The second kappa shape index (κ2) is 6.17. The molecular formula is C9H18O3. The highest BCUT2D eigenvalue weighted by Crippen LogP contribution is 2.08. The van der Waals surface area contributed by atoms with Gasteiger partial charge in [0.15, 0.2) is 0 Å². The van der Waals surface area contributed by atoms with Crippen LogP contribution >= 0.6 is 0 Å². The number of rotatable bonds is 5. The topological polar surface area (TPSA) is 60.7 Å². The van der Waals surface area contributed by atoms with E-state index in [0.717, 1.165) is 0 Å². The van der Waals surface area contributed by atoms with E-state index < -0.39 is 6.10 Å². The van der Waals surface area contributed by atoms with Crippen molar-refractivity contribution in [2.45, 2.75) is 32.5 Å². The van der Waals surface area contributed by atoms with Gasteiger partial charge in [-0.1, -0.05) is 19.1 Å². The number of aliphatic hydroxyl groups is 3. The molecule has 0 aromatic carbocycles. The molecule has 0 rings (SSSR count). The summed E-state index contributed by atoms with van der Waals surface area (Å²) in [5.74, 6) is 0.187. The van der Waals surface area contributed by atoms with Gasteiger partial charge in [-0.05, 0) is 19.3 Å². The van der Waals surface area contributed by atoms with Crippen molar-refractivity contribution in [2.24, 2.45) is 5.92 Å². The monoisotopic (exact) mass is 174 g/mol. The molecule has 0 radical (unpaired) electrons. The summed E-state index contributed by atoms with van der Waals surface area (Å²) in [4.78, 5) is 0. The Labute approximate surface area is 73.4 Å². The molecule has 72 valence electrons. The molecule has 0 bridgehead atoms. The highest BCUT2D eigenvalue weighted by Gasteiger charge is 2.05. The van der Waals surface area contributed by atoms with E-state index in [0.29, 0.717) is 6.42 Å². The molecule has 2 unspecified atom stereocenters. The van der Waals surface area contributed by atoms with Gasteiger partial charge in [0.25, 0.3) is 0 Å². The highest BCUT2D eigenvalue weighted by atomic mass is 16.3. The average Bonchev–Trinajstić information content (AvgIpc) is 2.03. The van der Waals surface area contributed by atoms with Crippen LogP contribution < -0.4 is 0 Å². The SMILES string of the molecule is CC(O)C(C)C/C=C/[C@@H](O)CO. The fourth-order valence-corrected chi connectivity index (χ4v) is 0.708. The van der Waals surface area contributed by atoms with E-state index in [1.54, 1.807) is 19.1 Å². The van der Waals surface area contributed by atoms with Crippen molar-refractivity contribution < 1.29 is 15.3 Å². The summed E-state index contributed by atoms with van der Waals surface area (Å²) in [6, 6.07) is 0. The molecule has 0 aliphatic rings. The third-order valence-corrected chi connectivity index (χ3v) is 1.88. The summed E-state index contributed by atoms with van der Waals surface area (Å²) in [5, 5.41) is 26.5. The molecular weight excluding hydrogens is 156 g/mol. The zero-order valence-electron chi connectivity index (χ0n) is 7.64. The van der Waals surface area contributed by atoms with Crippen LogP contribution in [0.5, 0.6) is 0 Å². The van der Waals surface area contributed by atoms with Gasteiger partial charge in [0.05, 0.1) is 18.8 Å². The van der Waals surface area contributed by atoms with Crippen LogP contribution in [0.25, 0.3) is 0 Å². The molecule has 0 spiro atoms. The first-order valence-corrected chi connectivity index (χ1v) is 4.21. The Hall–Kier alpha value is -0.380. The minimum Gasteiger partial charge on any atom is -0.393 e. The van der Waals surface area contributed by atoms with Crippen molar-refractivity contribution in [3.8, 4) is 0 Å². The molecule has 0 saturated carbocycles. The first-order valence-electron chi connectivity index (χ1n) is 4.21. The van der Waals surface area contributed by atoms with Gasteiger partial charge in [0.1, 0.15) is 0 Å². The lowest BCUT2D eigenvalue weighted by Gasteiger charge is -2.11. The van der Waals surface area contributed by atoms with Crippen LogP contribution in [0.2, 0.25) is 0 Å². The molecule has 3 nitrogen and oxygen atoms in total. The van der Waals surface area contributed by atoms with Crippen LogP contribution in [0.4, 0.5) is 0 Å². The van der Waals surface area contributed by atoms with E-state index in [1.807, 2.05) is 6.92 Å². The van der Waals surface area contributed by atoms with Gasteiger partial charge < -0.3 is 15.3 Å². The molecule has 3 heteroatoms.